The van der Waals surface area contributed by atoms with Crippen LogP contribution in [0.3, 0.4) is 0 Å². The number of Topliss-reactive ketones (excluding diaryl/α,β-unsaturated/α-hetero) is 1. The van der Waals surface area contributed by atoms with E-state index in [4.69, 9.17) is 0 Å². The Kier molecular flexibility index (Phi) is 3.42. The van der Waals surface area contributed by atoms with Gasteiger partial charge in [0.2, 0.25) is 11.9 Å². The van der Waals surface area contributed by atoms with E-state index in [0.717, 1.165) is 0 Å². The normalized spacial score (nSPS) is 10.5. The Labute approximate surface area is 120 Å². The van der Waals surface area contributed by atoms with Gasteiger partial charge in [0.05, 0.1) is 6.42 Å². The van der Waals surface area contributed by atoms with Crippen molar-refractivity contribution >= 4 is 23.3 Å². The number of rotatable bonds is 4. The van der Waals surface area contributed by atoms with Gasteiger partial charge in [0.1, 0.15) is 0 Å². The summed E-state index contributed by atoms with van der Waals surface area (Å²) in [6.45, 7) is 0. The monoisotopic (exact) mass is 280 g/mol. The van der Waals surface area contributed by atoms with Gasteiger partial charge in [-0.15, -0.1) is 10.2 Å². The second-order valence-electron chi connectivity index (χ2n) is 4.47. The van der Waals surface area contributed by atoms with Crippen LogP contribution in [0, 0.1) is 0 Å². The summed E-state index contributed by atoms with van der Waals surface area (Å²) in [6, 6.07) is 14.1. The number of nitrogens with one attached hydrogen (secondary N) is 1. The van der Waals surface area contributed by atoms with Gasteiger partial charge in [0.15, 0.2) is 11.4 Å². The fourth-order valence-corrected chi connectivity index (χ4v) is 1.97. The molecule has 0 aliphatic rings. The lowest BCUT2D eigenvalue weighted by Crippen LogP contribution is -2.18. The summed E-state index contributed by atoms with van der Waals surface area (Å²) in [5, 5.41) is 10.4. The van der Waals surface area contributed by atoms with E-state index < -0.39 is 5.91 Å². The van der Waals surface area contributed by atoms with E-state index in [9.17, 15) is 9.59 Å². The van der Waals surface area contributed by atoms with E-state index in [1.165, 1.54) is 0 Å². The van der Waals surface area contributed by atoms with Crippen LogP contribution >= 0.6 is 0 Å². The Morgan fingerprint density at radius 1 is 1.00 bits per heavy atom. The number of ketones is 1. The van der Waals surface area contributed by atoms with E-state index in [1.807, 2.05) is 12.1 Å². The Morgan fingerprint density at radius 3 is 2.57 bits per heavy atom. The SMILES string of the molecule is O=C(CC(=O)c1ccccc1)Nc1nnc2ccccn12. The van der Waals surface area contributed by atoms with Gasteiger partial charge in [-0.2, -0.15) is 0 Å². The molecular weight excluding hydrogens is 268 g/mol. The first kappa shape index (κ1) is 13.0. The molecule has 0 aliphatic carbocycles. The molecular formula is C15H12N4O2. The van der Waals surface area contributed by atoms with E-state index in [-0.39, 0.29) is 12.2 Å². The number of hydrogen-bond donors (Lipinski definition) is 1. The Balaban J connectivity index is 1.71. The third kappa shape index (κ3) is 2.79. The first-order valence-corrected chi connectivity index (χ1v) is 6.42. The summed E-state index contributed by atoms with van der Waals surface area (Å²) in [7, 11) is 0. The zero-order valence-electron chi connectivity index (χ0n) is 11.1. The number of pyridine rings is 1. The third-order valence-electron chi connectivity index (χ3n) is 2.98. The van der Waals surface area contributed by atoms with Crippen LogP contribution in [0.2, 0.25) is 0 Å². The topological polar surface area (TPSA) is 76.4 Å². The molecule has 0 aliphatic heterocycles. The Morgan fingerprint density at radius 2 is 1.76 bits per heavy atom. The molecule has 3 rings (SSSR count). The molecule has 1 amide bonds. The van der Waals surface area contributed by atoms with Crippen molar-refractivity contribution in [1.29, 1.82) is 0 Å². The molecule has 3 aromatic rings. The molecule has 0 atom stereocenters. The first-order valence-electron chi connectivity index (χ1n) is 6.42. The van der Waals surface area contributed by atoms with E-state index in [0.29, 0.717) is 17.2 Å². The predicted octanol–water partition coefficient (Wildman–Crippen LogP) is 1.94. The average molecular weight is 280 g/mol. The lowest BCUT2D eigenvalue weighted by Gasteiger charge is -2.03. The highest BCUT2D eigenvalue weighted by molar-refractivity contribution is 6.10. The maximum absolute atomic E-state index is 11.9. The highest BCUT2D eigenvalue weighted by Crippen LogP contribution is 2.09. The van der Waals surface area contributed by atoms with Crippen LogP contribution in [-0.2, 0) is 4.79 Å². The van der Waals surface area contributed by atoms with Crippen molar-refractivity contribution in [3.63, 3.8) is 0 Å². The number of amides is 1. The number of aromatic nitrogens is 3. The van der Waals surface area contributed by atoms with E-state index >= 15 is 0 Å². The quantitative estimate of drug-likeness (QED) is 0.585. The largest absolute Gasteiger partial charge is 0.294 e. The van der Waals surface area contributed by atoms with Crippen LogP contribution in [0.25, 0.3) is 5.65 Å². The average Bonchev–Trinajstić information content (AvgIpc) is 2.91. The maximum Gasteiger partial charge on any atom is 0.235 e. The van der Waals surface area contributed by atoms with Gasteiger partial charge < -0.3 is 0 Å². The van der Waals surface area contributed by atoms with Crippen molar-refractivity contribution in [2.24, 2.45) is 0 Å². The summed E-state index contributed by atoms with van der Waals surface area (Å²) in [6.07, 6.45) is 1.51. The minimum Gasteiger partial charge on any atom is -0.294 e. The summed E-state index contributed by atoms with van der Waals surface area (Å²) in [5.74, 6) is -0.347. The van der Waals surface area contributed by atoms with Crippen molar-refractivity contribution in [3.8, 4) is 0 Å². The second kappa shape index (κ2) is 5.54. The molecule has 104 valence electrons. The lowest BCUT2D eigenvalue weighted by atomic mass is 10.1. The number of anilines is 1. The van der Waals surface area contributed by atoms with Crippen LogP contribution in [0.5, 0.6) is 0 Å². The van der Waals surface area contributed by atoms with E-state index in [1.54, 1.807) is 47.0 Å². The number of nitrogens with zero attached hydrogens (tertiary/aromatic N) is 3. The van der Waals surface area contributed by atoms with Crippen molar-refractivity contribution in [3.05, 3.63) is 60.3 Å². The fourth-order valence-electron chi connectivity index (χ4n) is 1.97. The Bertz CT molecular complexity index is 796. The van der Waals surface area contributed by atoms with Crippen LogP contribution in [0.1, 0.15) is 16.8 Å². The molecule has 6 heteroatoms. The lowest BCUT2D eigenvalue weighted by molar-refractivity contribution is -0.115. The third-order valence-corrected chi connectivity index (χ3v) is 2.98. The molecule has 6 nitrogen and oxygen atoms in total. The van der Waals surface area contributed by atoms with Crippen LogP contribution < -0.4 is 5.32 Å². The molecule has 21 heavy (non-hydrogen) atoms. The molecule has 0 bridgehead atoms. The first-order chi connectivity index (χ1) is 10.2. The van der Waals surface area contributed by atoms with Crippen molar-refractivity contribution in [1.82, 2.24) is 14.6 Å². The number of benzene rings is 1. The molecule has 0 fully saturated rings. The summed E-state index contributed by atoms with van der Waals surface area (Å²) in [5.41, 5.74) is 1.14. The van der Waals surface area contributed by atoms with E-state index in [2.05, 4.69) is 15.5 Å². The van der Waals surface area contributed by atoms with Crippen molar-refractivity contribution in [2.75, 3.05) is 5.32 Å². The number of carbonyl (C=O) groups excluding carboxylic acids is 2. The maximum atomic E-state index is 11.9. The molecule has 1 N–H and O–H groups in total. The smallest absolute Gasteiger partial charge is 0.235 e. The van der Waals surface area contributed by atoms with Gasteiger partial charge in [0.25, 0.3) is 0 Å². The zero-order chi connectivity index (χ0) is 14.7. The van der Waals surface area contributed by atoms with Crippen LogP contribution in [0.15, 0.2) is 54.7 Å². The number of fused-ring (bicyclic) bond motifs is 1. The molecule has 1 aromatic carbocycles. The minimum absolute atomic E-state index is 0.230. The molecule has 0 spiro atoms. The standard InChI is InChI=1S/C15H12N4O2/c20-12(11-6-2-1-3-7-11)10-14(21)16-15-18-17-13-8-4-5-9-19(13)15/h1-9H,10H2,(H,16,18,21). The van der Waals surface area contributed by atoms with Crippen LogP contribution in [-0.4, -0.2) is 26.3 Å². The number of carbonyl (C=O) groups is 2. The highest BCUT2D eigenvalue weighted by Gasteiger charge is 2.14. The molecule has 2 aromatic heterocycles. The zero-order valence-corrected chi connectivity index (χ0v) is 11.1. The molecule has 0 saturated carbocycles. The predicted molar refractivity (Wildman–Crippen MR) is 77.0 cm³/mol. The van der Waals surface area contributed by atoms with Crippen molar-refractivity contribution < 1.29 is 9.59 Å². The summed E-state index contributed by atoms with van der Waals surface area (Å²) >= 11 is 0. The van der Waals surface area contributed by atoms with Crippen LogP contribution in [0.4, 0.5) is 5.95 Å². The van der Waals surface area contributed by atoms with Gasteiger partial charge in [-0.25, -0.2) is 0 Å². The molecule has 0 saturated heterocycles. The van der Waals surface area contributed by atoms with Gasteiger partial charge in [0, 0.05) is 11.8 Å². The van der Waals surface area contributed by atoms with Gasteiger partial charge >= 0.3 is 0 Å². The fraction of sp³-hybridized carbons (Fsp3) is 0.0667. The highest BCUT2D eigenvalue weighted by atomic mass is 16.2. The second-order valence-corrected chi connectivity index (χ2v) is 4.47. The number of hydrogen-bond acceptors (Lipinski definition) is 4. The Hall–Kier alpha value is -3.02. The van der Waals surface area contributed by atoms with Crippen molar-refractivity contribution in [2.45, 2.75) is 6.42 Å². The van der Waals surface area contributed by atoms with Gasteiger partial charge in [-0.3, -0.25) is 19.3 Å². The molecule has 2 heterocycles. The summed E-state index contributed by atoms with van der Waals surface area (Å²) < 4.78 is 1.64. The minimum atomic E-state index is -0.415. The van der Waals surface area contributed by atoms with Gasteiger partial charge in [-0.05, 0) is 12.1 Å². The molecule has 0 radical (unpaired) electrons. The molecule has 0 unspecified atom stereocenters. The van der Waals surface area contributed by atoms with Gasteiger partial charge in [-0.1, -0.05) is 36.4 Å². The summed E-state index contributed by atoms with van der Waals surface area (Å²) in [4.78, 5) is 23.9.